The van der Waals surface area contributed by atoms with Gasteiger partial charge in [-0.15, -0.1) is 11.6 Å². The van der Waals surface area contributed by atoms with Crippen LogP contribution in [-0.2, 0) is 5.88 Å². The number of aromatic nitrogens is 2. The largest absolute Gasteiger partial charge is 0.401 e. The molecule has 8 heteroatoms. The summed E-state index contributed by atoms with van der Waals surface area (Å²) in [5.74, 6) is 0.911. The van der Waals surface area contributed by atoms with Crippen LogP contribution in [0.3, 0.4) is 0 Å². The molecule has 2 heterocycles. The van der Waals surface area contributed by atoms with E-state index in [1.54, 1.807) is 6.20 Å². The number of hydrogen-bond donors (Lipinski definition) is 0. The number of halogens is 4. The highest BCUT2D eigenvalue weighted by atomic mass is 35.5. The summed E-state index contributed by atoms with van der Waals surface area (Å²) in [4.78, 5) is 11.9. The van der Waals surface area contributed by atoms with Gasteiger partial charge in [0.05, 0.1) is 12.4 Å². The third-order valence-corrected chi connectivity index (χ3v) is 3.56. The molecule has 0 radical (unpaired) electrons. The molecule has 0 saturated carbocycles. The maximum Gasteiger partial charge on any atom is 0.401 e. The normalized spacial score (nSPS) is 17.6. The Morgan fingerprint density at radius 1 is 1.25 bits per heavy atom. The number of hydrogen-bond acceptors (Lipinski definition) is 4. The van der Waals surface area contributed by atoms with E-state index in [2.05, 4.69) is 9.97 Å². The Hall–Kier alpha value is -1.08. The molecule has 112 valence electrons. The molecule has 0 N–H and O–H groups in total. The van der Waals surface area contributed by atoms with Crippen molar-refractivity contribution in [3.63, 3.8) is 0 Å². The molecule has 1 saturated heterocycles. The lowest BCUT2D eigenvalue weighted by Gasteiger charge is -2.35. The minimum absolute atomic E-state index is 0.353. The van der Waals surface area contributed by atoms with Crippen molar-refractivity contribution in [2.75, 3.05) is 37.6 Å². The molecule has 0 aliphatic carbocycles. The van der Waals surface area contributed by atoms with Crippen molar-refractivity contribution in [1.29, 1.82) is 0 Å². The van der Waals surface area contributed by atoms with E-state index in [0.717, 1.165) is 11.3 Å². The Kier molecular flexibility index (Phi) is 4.70. The molecule has 1 aliphatic rings. The summed E-state index contributed by atoms with van der Waals surface area (Å²) in [6.45, 7) is 2.71. The maximum absolute atomic E-state index is 12.3. The molecular formula is C12H16ClF3N4. The Labute approximate surface area is 120 Å². The van der Waals surface area contributed by atoms with Crippen LogP contribution in [0.15, 0.2) is 6.20 Å². The fraction of sp³-hybridized carbons (Fsp3) is 0.667. The summed E-state index contributed by atoms with van der Waals surface area (Å²) in [6.07, 6.45) is -2.47. The van der Waals surface area contributed by atoms with E-state index in [1.165, 1.54) is 4.90 Å². The third-order valence-electron chi connectivity index (χ3n) is 3.27. The summed E-state index contributed by atoms with van der Waals surface area (Å²) in [7, 11) is 0. The second-order valence-electron chi connectivity index (χ2n) is 4.79. The molecule has 1 aromatic heterocycles. The van der Waals surface area contributed by atoms with Gasteiger partial charge in [0.1, 0.15) is 0 Å². The zero-order valence-corrected chi connectivity index (χ0v) is 11.9. The predicted molar refractivity (Wildman–Crippen MR) is 71.0 cm³/mol. The van der Waals surface area contributed by atoms with E-state index in [1.807, 2.05) is 11.8 Å². The van der Waals surface area contributed by atoms with Crippen LogP contribution in [-0.4, -0.2) is 53.8 Å². The van der Waals surface area contributed by atoms with Gasteiger partial charge < -0.3 is 4.90 Å². The van der Waals surface area contributed by atoms with Crippen LogP contribution in [0.4, 0.5) is 19.1 Å². The van der Waals surface area contributed by atoms with Gasteiger partial charge >= 0.3 is 6.18 Å². The SMILES string of the molecule is Cc1nc(N2CCN(CC(F)(F)F)CC2)ncc1CCl. The van der Waals surface area contributed by atoms with Gasteiger partial charge in [-0.05, 0) is 6.92 Å². The van der Waals surface area contributed by atoms with Gasteiger partial charge in [0.15, 0.2) is 0 Å². The molecule has 0 bridgehead atoms. The minimum Gasteiger partial charge on any atom is -0.338 e. The average Bonchev–Trinajstić information content (AvgIpc) is 2.37. The van der Waals surface area contributed by atoms with Gasteiger partial charge in [-0.2, -0.15) is 13.2 Å². The Morgan fingerprint density at radius 3 is 2.40 bits per heavy atom. The zero-order valence-electron chi connectivity index (χ0n) is 11.1. The van der Waals surface area contributed by atoms with E-state index in [4.69, 9.17) is 11.6 Å². The minimum atomic E-state index is -4.14. The van der Waals surface area contributed by atoms with Gasteiger partial charge in [-0.3, -0.25) is 4.90 Å². The van der Waals surface area contributed by atoms with Crippen molar-refractivity contribution in [1.82, 2.24) is 14.9 Å². The summed E-state index contributed by atoms with van der Waals surface area (Å²) in [5, 5.41) is 0. The van der Waals surface area contributed by atoms with Crippen LogP contribution < -0.4 is 4.90 Å². The lowest BCUT2D eigenvalue weighted by atomic mass is 10.3. The molecule has 0 atom stereocenters. The fourth-order valence-electron chi connectivity index (χ4n) is 2.12. The number of alkyl halides is 4. The first-order valence-electron chi connectivity index (χ1n) is 6.31. The van der Waals surface area contributed by atoms with Crippen molar-refractivity contribution in [3.05, 3.63) is 17.5 Å². The molecule has 1 aromatic rings. The fourth-order valence-corrected chi connectivity index (χ4v) is 2.39. The lowest BCUT2D eigenvalue weighted by Crippen LogP contribution is -2.49. The van der Waals surface area contributed by atoms with Crippen molar-refractivity contribution in [2.24, 2.45) is 0 Å². The Balaban J connectivity index is 1.95. The van der Waals surface area contributed by atoms with Crippen LogP contribution in [0.1, 0.15) is 11.3 Å². The van der Waals surface area contributed by atoms with Crippen molar-refractivity contribution in [2.45, 2.75) is 19.0 Å². The summed E-state index contributed by atoms with van der Waals surface area (Å²) < 4.78 is 36.9. The standard InChI is InChI=1S/C12H16ClF3N4/c1-9-10(6-13)7-17-11(18-9)20-4-2-19(3-5-20)8-12(14,15)16/h7H,2-6,8H2,1H3. The van der Waals surface area contributed by atoms with Crippen LogP contribution in [0.5, 0.6) is 0 Å². The van der Waals surface area contributed by atoms with Gasteiger partial charge in [0.2, 0.25) is 5.95 Å². The molecule has 0 spiro atoms. The molecule has 4 nitrogen and oxygen atoms in total. The van der Waals surface area contributed by atoms with E-state index in [9.17, 15) is 13.2 Å². The first-order chi connectivity index (χ1) is 9.39. The van der Waals surface area contributed by atoms with Crippen LogP contribution in [0.2, 0.25) is 0 Å². The summed E-state index contributed by atoms with van der Waals surface area (Å²) in [5.41, 5.74) is 1.67. The van der Waals surface area contributed by atoms with Crippen molar-refractivity contribution >= 4 is 17.5 Å². The molecule has 1 aliphatic heterocycles. The summed E-state index contributed by atoms with van der Waals surface area (Å²) in [6, 6.07) is 0. The highest BCUT2D eigenvalue weighted by molar-refractivity contribution is 6.17. The molecule has 2 rings (SSSR count). The molecule has 1 fully saturated rings. The Bertz CT molecular complexity index is 459. The number of rotatable bonds is 3. The maximum atomic E-state index is 12.3. The van der Waals surface area contributed by atoms with E-state index >= 15 is 0 Å². The van der Waals surface area contributed by atoms with Crippen LogP contribution >= 0.6 is 11.6 Å². The first kappa shape index (κ1) is 15.3. The molecule has 0 aromatic carbocycles. The second kappa shape index (κ2) is 6.13. The van der Waals surface area contributed by atoms with Crippen LogP contribution in [0, 0.1) is 6.92 Å². The highest BCUT2D eigenvalue weighted by Gasteiger charge is 2.32. The third kappa shape index (κ3) is 3.96. The van der Waals surface area contributed by atoms with Gasteiger partial charge in [-0.1, -0.05) is 0 Å². The molecule has 0 unspecified atom stereocenters. The first-order valence-corrected chi connectivity index (χ1v) is 6.85. The highest BCUT2D eigenvalue weighted by Crippen LogP contribution is 2.19. The van der Waals surface area contributed by atoms with Gasteiger partial charge in [0, 0.05) is 43.6 Å². The smallest absolute Gasteiger partial charge is 0.338 e. The van der Waals surface area contributed by atoms with Crippen molar-refractivity contribution < 1.29 is 13.2 Å². The average molecular weight is 309 g/mol. The van der Waals surface area contributed by atoms with E-state index < -0.39 is 12.7 Å². The second-order valence-corrected chi connectivity index (χ2v) is 5.06. The monoisotopic (exact) mass is 308 g/mol. The quantitative estimate of drug-likeness (QED) is 0.802. The van der Waals surface area contributed by atoms with Crippen molar-refractivity contribution in [3.8, 4) is 0 Å². The predicted octanol–water partition coefficient (Wildman–Crippen LogP) is 2.21. The number of piperazine rings is 1. The molecular weight excluding hydrogens is 293 g/mol. The van der Waals surface area contributed by atoms with E-state index in [-0.39, 0.29) is 0 Å². The molecule has 20 heavy (non-hydrogen) atoms. The molecule has 0 amide bonds. The van der Waals surface area contributed by atoms with Gasteiger partial charge in [0.25, 0.3) is 0 Å². The van der Waals surface area contributed by atoms with Crippen LogP contribution in [0.25, 0.3) is 0 Å². The number of aryl methyl sites for hydroxylation is 1. The summed E-state index contributed by atoms with van der Waals surface area (Å²) >= 11 is 5.74. The van der Waals surface area contributed by atoms with Gasteiger partial charge in [-0.25, -0.2) is 9.97 Å². The lowest BCUT2D eigenvalue weighted by molar-refractivity contribution is -0.146. The topological polar surface area (TPSA) is 32.3 Å². The number of anilines is 1. The van der Waals surface area contributed by atoms with E-state index in [0.29, 0.717) is 38.0 Å². The number of nitrogens with zero attached hydrogens (tertiary/aromatic N) is 4. The Morgan fingerprint density at radius 2 is 1.90 bits per heavy atom. The zero-order chi connectivity index (χ0) is 14.8.